The Morgan fingerprint density at radius 3 is 2.75 bits per heavy atom. The highest BCUT2D eigenvalue weighted by Crippen LogP contribution is 2.42. The fourth-order valence-corrected chi connectivity index (χ4v) is 4.21. The van der Waals surface area contributed by atoms with E-state index in [0.717, 1.165) is 4.88 Å². The number of likely N-dealkylation sites (tertiary alicyclic amines) is 1. The van der Waals surface area contributed by atoms with E-state index < -0.39 is 17.7 Å². The third-order valence-corrected chi connectivity index (χ3v) is 5.71. The molecule has 0 radical (unpaired) electrons. The minimum atomic E-state index is -0.674. The Morgan fingerprint density at radius 1 is 1.25 bits per heavy atom. The molecule has 0 bridgehead atoms. The molecular formula is C20H20N2O5S. The Balaban J connectivity index is 1.79. The van der Waals surface area contributed by atoms with Crippen LogP contribution in [0.25, 0.3) is 5.76 Å². The highest BCUT2D eigenvalue weighted by molar-refractivity contribution is 7.10. The van der Waals surface area contributed by atoms with E-state index >= 15 is 0 Å². The molecule has 1 amide bonds. The maximum absolute atomic E-state index is 12.8. The number of hydrogen-bond donors (Lipinski definition) is 1. The highest BCUT2D eigenvalue weighted by atomic mass is 32.1. The number of amides is 1. The maximum Gasteiger partial charge on any atom is 0.295 e. The summed E-state index contributed by atoms with van der Waals surface area (Å²) in [6.45, 7) is 1.11. The molecule has 0 unspecified atom stereocenters. The van der Waals surface area contributed by atoms with Gasteiger partial charge in [-0.15, -0.1) is 11.3 Å². The van der Waals surface area contributed by atoms with Gasteiger partial charge < -0.3 is 24.4 Å². The number of aliphatic hydroxyl groups is 1. The highest BCUT2D eigenvalue weighted by Gasteiger charge is 2.46. The SMILES string of the molecule is CN(C)CCN1C(=O)C(=O)/C(=C(/O)c2ccc3c(c2)OCO3)[C@H]1c1cccs1. The molecule has 4 rings (SSSR count). The van der Waals surface area contributed by atoms with Gasteiger partial charge in [-0.1, -0.05) is 6.07 Å². The van der Waals surface area contributed by atoms with Crippen LogP contribution in [0.5, 0.6) is 11.5 Å². The van der Waals surface area contributed by atoms with Gasteiger partial charge in [-0.3, -0.25) is 9.59 Å². The summed E-state index contributed by atoms with van der Waals surface area (Å²) in [4.78, 5) is 29.9. The molecule has 7 nitrogen and oxygen atoms in total. The molecular weight excluding hydrogens is 380 g/mol. The van der Waals surface area contributed by atoms with Gasteiger partial charge >= 0.3 is 0 Å². The molecule has 3 heterocycles. The summed E-state index contributed by atoms with van der Waals surface area (Å²) < 4.78 is 10.7. The summed E-state index contributed by atoms with van der Waals surface area (Å²) >= 11 is 1.45. The van der Waals surface area contributed by atoms with E-state index in [1.54, 1.807) is 18.2 Å². The number of rotatable bonds is 5. The number of fused-ring (bicyclic) bond motifs is 1. The predicted octanol–water partition coefficient (Wildman–Crippen LogP) is 2.46. The van der Waals surface area contributed by atoms with Crippen LogP contribution in [0, 0.1) is 0 Å². The molecule has 2 aliphatic rings. The smallest absolute Gasteiger partial charge is 0.295 e. The lowest BCUT2D eigenvalue weighted by Crippen LogP contribution is -2.35. The predicted molar refractivity (Wildman–Crippen MR) is 104 cm³/mol. The lowest BCUT2D eigenvalue weighted by atomic mass is 9.99. The van der Waals surface area contributed by atoms with Gasteiger partial charge in [0, 0.05) is 23.5 Å². The van der Waals surface area contributed by atoms with E-state index in [-0.39, 0.29) is 18.1 Å². The number of hydrogen-bond acceptors (Lipinski definition) is 7. The van der Waals surface area contributed by atoms with E-state index in [0.29, 0.717) is 30.2 Å². The first-order chi connectivity index (χ1) is 13.5. The number of carbonyl (C=O) groups excluding carboxylic acids is 2. The summed E-state index contributed by atoms with van der Waals surface area (Å²) in [5.41, 5.74) is 0.515. The van der Waals surface area contributed by atoms with Crippen molar-refractivity contribution in [2.45, 2.75) is 6.04 Å². The summed E-state index contributed by atoms with van der Waals surface area (Å²) in [6.07, 6.45) is 0. The Hall–Kier alpha value is -2.84. The molecule has 8 heteroatoms. The maximum atomic E-state index is 12.8. The van der Waals surface area contributed by atoms with Gasteiger partial charge in [0.25, 0.3) is 11.7 Å². The number of benzene rings is 1. The van der Waals surface area contributed by atoms with Crippen molar-refractivity contribution < 1.29 is 24.2 Å². The van der Waals surface area contributed by atoms with Crippen molar-refractivity contribution in [1.29, 1.82) is 0 Å². The second-order valence-electron chi connectivity index (χ2n) is 6.88. The molecule has 2 aromatic rings. The fourth-order valence-electron chi connectivity index (χ4n) is 3.36. The van der Waals surface area contributed by atoms with Crippen molar-refractivity contribution in [3.63, 3.8) is 0 Å². The van der Waals surface area contributed by atoms with Crippen molar-refractivity contribution in [2.24, 2.45) is 0 Å². The van der Waals surface area contributed by atoms with Crippen LogP contribution in [0.15, 0.2) is 41.3 Å². The summed E-state index contributed by atoms with van der Waals surface area (Å²) in [6, 6.07) is 8.09. The molecule has 0 saturated carbocycles. The van der Waals surface area contributed by atoms with E-state index in [2.05, 4.69) is 0 Å². The van der Waals surface area contributed by atoms with Gasteiger partial charge in [0.1, 0.15) is 5.76 Å². The number of carbonyl (C=O) groups is 2. The number of Topliss-reactive ketones (excluding diaryl/α,β-unsaturated/α-hetero) is 1. The zero-order valence-electron chi connectivity index (χ0n) is 15.5. The van der Waals surface area contributed by atoms with Gasteiger partial charge in [0.15, 0.2) is 11.5 Å². The number of thiophene rings is 1. The van der Waals surface area contributed by atoms with Crippen LogP contribution in [-0.2, 0) is 9.59 Å². The first-order valence-corrected chi connectivity index (χ1v) is 9.72. The molecule has 0 spiro atoms. The fraction of sp³-hybridized carbons (Fsp3) is 0.300. The van der Waals surface area contributed by atoms with Gasteiger partial charge in [-0.05, 0) is 43.7 Å². The largest absolute Gasteiger partial charge is 0.507 e. The van der Waals surface area contributed by atoms with Gasteiger partial charge in [-0.2, -0.15) is 0 Å². The molecule has 1 aromatic carbocycles. The molecule has 1 saturated heterocycles. The van der Waals surface area contributed by atoms with Crippen LogP contribution < -0.4 is 9.47 Å². The molecule has 2 aliphatic heterocycles. The molecule has 1 fully saturated rings. The average molecular weight is 400 g/mol. The summed E-state index contributed by atoms with van der Waals surface area (Å²) in [5.74, 6) is -0.395. The van der Waals surface area contributed by atoms with Gasteiger partial charge in [0.05, 0.1) is 11.6 Å². The standard InChI is InChI=1S/C20H20N2O5S/c1-21(2)7-8-22-17(15-4-3-9-28-15)16(19(24)20(22)25)18(23)12-5-6-13-14(10-12)27-11-26-13/h3-6,9-10,17,23H,7-8,11H2,1-2H3/b18-16+/t17-/m1/s1. The number of aliphatic hydroxyl groups excluding tert-OH is 1. The minimum absolute atomic E-state index is 0.102. The van der Waals surface area contributed by atoms with Crippen molar-refractivity contribution in [3.05, 3.63) is 51.7 Å². The first-order valence-electron chi connectivity index (χ1n) is 8.84. The normalized spacial score (nSPS) is 20.4. The molecule has 146 valence electrons. The summed E-state index contributed by atoms with van der Waals surface area (Å²) in [5, 5.41) is 12.9. The number of nitrogens with zero attached hydrogens (tertiary/aromatic N) is 2. The van der Waals surface area contributed by atoms with Crippen LogP contribution >= 0.6 is 11.3 Å². The third kappa shape index (κ3) is 3.14. The Kier molecular flexibility index (Phi) is 4.82. The Bertz CT molecular complexity index is 952. The number of likely N-dealkylation sites (N-methyl/N-ethyl adjacent to an activating group) is 1. The lowest BCUT2D eigenvalue weighted by Gasteiger charge is -2.25. The van der Waals surface area contributed by atoms with Crippen LogP contribution in [0.2, 0.25) is 0 Å². The van der Waals surface area contributed by atoms with Crippen molar-refractivity contribution in [2.75, 3.05) is 34.0 Å². The van der Waals surface area contributed by atoms with Crippen LogP contribution in [0.4, 0.5) is 0 Å². The lowest BCUT2D eigenvalue weighted by molar-refractivity contribution is -0.140. The second-order valence-corrected chi connectivity index (χ2v) is 7.86. The van der Waals surface area contributed by atoms with E-state index in [9.17, 15) is 14.7 Å². The van der Waals surface area contributed by atoms with E-state index in [4.69, 9.17) is 9.47 Å². The average Bonchev–Trinajstić information content (AvgIpc) is 3.40. The van der Waals surface area contributed by atoms with Gasteiger partial charge in [0.2, 0.25) is 6.79 Å². The third-order valence-electron chi connectivity index (χ3n) is 4.79. The van der Waals surface area contributed by atoms with Crippen LogP contribution in [0.3, 0.4) is 0 Å². The molecule has 1 atom stereocenters. The zero-order valence-corrected chi connectivity index (χ0v) is 16.4. The van der Waals surface area contributed by atoms with Crippen molar-refractivity contribution in [3.8, 4) is 11.5 Å². The van der Waals surface area contributed by atoms with E-state index in [1.807, 2.05) is 36.5 Å². The number of ketones is 1. The monoisotopic (exact) mass is 400 g/mol. The molecule has 1 aromatic heterocycles. The molecule has 0 aliphatic carbocycles. The van der Waals surface area contributed by atoms with Gasteiger partial charge in [-0.25, -0.2) is 0 Å². The van der Waals surface area contributed by atoms with Crippen molar-refractivity contribution in [1.82, 2.24) is 9.80 Å². The second kappa shape index (κ2) is 7.29. The minimum Gasteiger partial charge on any atom is -0.507 e. The van der Waals surface area contributed by atoms with Crippen LogP contribution in [0.1, 0.15) is 16.5 Å². The van der Waals surface area contributed by atoms with Crippen molar-refractivity contribution >= 4 is 28.8 Å². The number of ether oxygens (including phenoxy) is 2. The quantitative estimate of drug-likeness (QED) is 0.472. The van der Waals surface area contributed by atoms with E-state index in [1.165, 1.54) is 16.2 Å². The Labute approximate surface area is 166 Å². The summed E-state index contributed by atoms with van der Waals surface area (Å²) in [7, 11) is 3.81. The zero-order chi connectivity index (χ0) is 19.8. The topological polar surface area (TPSA) is 79.3 Å². The molecule has 1 N–H and O–H groups in total. The first kappa shape index (κ1) is 18.5. The van der Waals surface area contributed by atoms with Crippen LogP contribution in [-0.4, -0.2) is 60.6 Å². The molecule has 28 heavy (non-hydrogen) atoms. The Morgan fingerprint density at radius 2 is 2.04 bits per heavy atom.